The molecule has 38 heavy (non-hydrogen) atoms. The van der Waals surface area contributed by atoms with Crippen molar-refractivity contribution < 1.29 is 9.18 Å². The summed E-state index contributed by atoms with van der Waals surface area (Å²) >= 11 is 14.3. The third kappa shape index (κ3) is 7.59. The average molecular weight is 572 g/mol. The number of benzene rings is 3. The molecule has 0 radical (unpaired) electrons. The van der Waals surface area contributed by atoms with E-state index >= 15 is 0 Å². The number of carbonyl (C=O) groups is 1. The summed E-state index contributed by atoms with van der Waals surface area (Å²) < 4.78 is 15.3. The van der Waals surface area contributed by atoms with Crippen LogP contribution in [0.4, 0.5) is 4.39 Å². The summed E-state index contributed by atoms with van der Waals surface area (Å²) in [5.74, 6) is 0.812. The van der Waals surface area contributed by atoms with Gasteiger partial charge in [-0.2, -0.15) is 0 Å². The molecule has 1 aromatic heterocycles. The molecule has 1 atom stereocenters. The Kier molecular flexibility index (Phi) is 10.2. The lowest BCUT2D eigenvalue weighted by Gasteiger charge is -2.21. The van der Waals surface area contributed by atoms with E-state index in [2.05, 4.69) is 22.4 Å². The lowest BCUT2D eigenvalue weighted by molar-refractivity contribution is -0.122. The van der Waals surface area contributed by atoms with Gasteiger partial charge in [-0.15, -0.1) is 10.2 Å². The largest absolute Gasteiger partial charge is 0.346 e. The van der Waals surface area contributed by atoms with Crippen molar-refractivity contribution in [1.29, 1.82) is 0 Å². The average Bonchev–Trinajstić information content (AvgIpc) is 3.32. The second-order valence-electron chi connectivity index (χ2n) is 8.95. The molecule has 3 aromatic carbocycles. The number of nitrogens with one attached hydrogen (secondary N) is 1. The van der Waals surface area contributed by atoms with E-state index in [0.29, 0.717) is 45.3 Å². The zero-order valence-electron chi connectivity index (χ0n) is 21.0. The van der Waals surface area contributed by atoms with Gasteiger partial charge in [0.15, 0.2) is 11.0 Å². The molecule has 0 aliphatic carbocycles. The first kappa shape index (κ1) is 28.1. The van der Waals surface area contributed by atoms with Gasteiger partial charge in [0, 0.05) is 17.2 Å². The molecular weight excluding hydrogens is 542 g/mol. The third-order valence-corrected chi connectivity index (χ3v) is 7.57. The van der Waals surface area contributed by atoms with Gasteiger partial charge in [-0.3, -0.25) is 9.36 Å². The van der Waals surface area contributed by atoms with Crippen LogP contribution in [-0.4, -0.2) is 20.7 Å². The van der Waals surface area contributed by atoms with Crippen molar-refractivity contribution in [3.63, 3.8) is 0 Å². The molecular formula is C29H29Cl2FN4OS. The van der Waals surface area contributed by atoms with Gasteiger partial charge < -0.3 is 5.32 Å². The number of aromatic nitrogens is 3. The van der Waals surface area contributed by atoms with Crippen molar-refractivity contribution in [2.75, 3.05) is 0 Å². The highest BCUT2D eigenvalue weighted by Gasteiger charge is 2.26. The van der Waals surface area contributed by atoms with Gasteiger partial charge in [0.05, 0.1) is 16.8 Å². The number of unbranched alkanes of at least 4 members (excludes halogenated alkanes) is 2. The molecule has 1 amide bonds. The molecule has 5 nitrogen and oxygen atoms in total. The maximum atomic E-state index is 13.4. The van der Waals surface area contributed by atoms with Gasteiger partial charge in [-0.25, -0.2) is 4.39 Å². The molecule has 0 aliphatic heterocycles. The predicted octanol–water partition coefficient (Wildman–Crippen LogP) is 7.99. The lowest BCUT2D eigenvalue weighted by Crippen LogP contribution is -2.32. The highest BCUT2D eigenvalue weighted by atomic mass is 35.5. The van der Waals surface area contributed by atoms with Crippen LogP contribution in [0.1, 0.15) is 55.6 Å². The first-order valence-electron chi connectivity index (χ1n) is 12.6. The summed E-state index contributed by atoms with van der Waals surface area (Å²) in [7, 11) is 0. The summed E-state index contributed by atoms with van der Waals surface area (Å²) in [4.78, 5) is 12.9. The number of nitrogens with zero attached hydrogens (tertiary/aromatic N) is 3. The number of halogens is 3. The van der Waals surface area contributed by atoms with E-state index in [0.717, 1.165) is 30.4 Å². The Hall–Kier alpha value is -2.87. The van der Waals surface area contributed by atoms with Crippen LogP contribution in [0.25, 0.3) is 5.69 Å². The van der Waals surface area contributed by atoms with E-state index in [1.54, 1.807) is 24.3 Å². The van der Waals surface area contributed by atoms with Crippen molar-refractivity contribution in [2.24, 2.45) is 0 Å². The van der Waals surface area contributed by atoms with Crippen LogP contribution in [0, 0.1) is 5.82 Å². The normalized spacial score (nSPS) is 11.9. The van der Waals surface area contributed by atoms with Crippen LogP contribution in [0.2, 0.25) is 10.0 Å². The Morgan fingerprint density at radius 3 is 2.47 bits per heavy atom. The van der Waals surface area contributed by atoms with Crippen molar-refractivity contribution in [3.8, 4) is 5.69 Å². The Labute approximate surface area is 236 Å². The van der Waals surface area contributed by atoms with Crippen molar-refractivity contribution in [1.82, 2.24) is 20.1 Å². The van der Waals surface area contributed by atoms with Gasteiger partial charge in [0.2, 0.25) is 5.91 Å². The molecule has 9 heteroatoms. The predicted molar refractivity (Wildman–Crippen MR) is 153 cm³/mol. The van der Waals surface area contributed by atoms with Crippen molar-refractivity contribution in [2.45, 2.75) is 56.0 Å². The highest BCUT2D eigenvalue weighted by molar-refractivity contribution is 7.98. The van der Waals surface area contributed by atoms with Crippen molar-refractivity contribution >= 4 is 40.9 Å². The van der Waals surface area contributed by atoms with E-state index < -0.39 is 6.04 Å². The van der Waals surface area contributed by atoms with Crippen LogP contribution < -0.4 is 5.32 Å². The van der Waals surface area contributed by atoms with E-state index in [4.69, 9.17) is 23.2 Å². The summed E-state index contributed by atoms with van der Waals surface area (Å²) in [5.41, 5.74) is 2.67. The van der Waals surface area contributed by atoms with Crippen molar-refractivity contribution in [3.05, 3.63) is 106 Å². The molecule has 0 spiro atoms. The molecule has 1 heterocycles. The van der Waals surface area contributed by atoms with Gasteiger partial charge in [-0.1, -0.05) is 97.2 Å². The second kappa shape index (κ2) is 13.8. The zero-order chi connectivity index (χ0) is 26.9. The van der Waals surface area contributed by atoms with E-state index in [1.807, 2.05) is 41.0 Å². The van der Waals surface area contributed by atoms with Gasteiger partial charge >= 0.3 is 0 Å². The topological polar surface area (TPSA) is 59.8 Å². The van der Waals surface area contributed by atoms with Crippen LogP contribution in [0.5, 0.6) is 0 Å². The number of amides is 1. The lowest BCUT2D eigenvalue weighted by atomic mass is 10.0. The first-order chi connectivity index (χ1) is 18.4. The number of hydrogen-bond acceptors (Lipinski definition) is 4. The van der Waals surface area contributed by atoms with Crippen LogP contribution in [0.15, 0.2) is 78.0 Å². The Morgan fingerprint density at radius 1 is 1.00 bits per heavy atom. The summed E-state index contributed by atoms with van der Waals surface area (Å²) in [6.07, 6.45) is 3.85. The molecule has 4 rings (SSSR count). The number of thioether (sulfide) groups is 1. The summed E-state index contributed by atoms with van der Waals surface area (Å²) in [6, 6.07) is 21.1. The number of rotatable bonds is 12. The minimum absolute atomic E-state index is 0.0309. The maximum Gasteiger partial charge on any atom is 0.220 e. The molecule has 198 valence electrons. The van der Waals surface area contributed by atoms with E-state index in [9.17, 15) is 9.18 Å². The second-order valence-corrected chi connectivity index (χ2v) is 10.7. The van der Waals surface area contributed by atoms with Crippen LogP contribution in [0.3, 0.4) is 0 Å². The fraction of sp³-hybridized carbons (Fsp3) is 0.276. The monoisotopic (exact) mass is 570 g/mol. The number of hydrogen-bond donors (Lipinski definition) is 1. The van der Waals surface area contributed by atoms with E-state index in [-0.39, 0.29) is 11.7 Å². The molecule has 0 aliphatic rings. The minimum atomic E-state index is -0.439. The Morgan fingerprint density at radius 2 is 1.76 bits per heavy atom. The molecule has 4 aromatic rings. The minimum Gasteiger partial charge on any atom is -0.346 e. The Balaban J connectivity index is 1.72. The smallest absolute Gasteiger partial charge is 0.220 e. The third-order valence-electron chi connectivity index (χ3n) is 6.03. The fourth-order valence-corrected chi connectivity index (χ4v) is 5.48. The molecule has 0 saturated heterocycles. The van der Waals surface area contributed by atoms with Gasteiger partial charge in [0.1, 0.15) is 5.82 Å². The quantitative estimate of drug-likeness (QED) is 0.138. The van der Waals surface area contributed by atoms with Crippen LogP contribution >= 0.6 is 35.0 Å². The highest BCUT2D eigenvalue weighted by Crippen LogP contribution is 2.33. The molecule has 0 bridgehead atoms. The molecule has 0 saturated carbocycles. The fourth-order valence-electron chi connectivity index (χ4n) is 4.08. The summed E-state index contributed by atoms with van der Waals surface area (Å²) in [6.45, 7) is 2.11. The summed E-state index contributed by atoms with van der Waals surface area (Å²) in [5, 5.41) is 13.8. The zero-order valence-corrected chi connectivity index (χ0v) is 23.4. The first-order valence-corrected chi connectivity index (χ1v) is 14.3. The Bertz CT molecular complexity index is 1350. The maximum absolute atomic E-state index is 13.4. The molecule has 1 unspecified atom stereocenters. The molecule has 0 fully saturated rings. The SMILES string of the molecule is CCCCCC(=O)NC(Cc1ccccc1)c1nnc(SCc2ccc(F)cc2)n1-c1ccc(Cl)cc1Cl. The van der Waals surface area contributed by atoms with Gasteiger partial charge in [0.25, 0.3) is 0 Å². The van der Waals surface area contributed by atoms with E-state index in [1.165, 1.54) is 23.9 Å². The standard InChI is InChI=1S/C29H29Cl2FN4OS/c1-2-3-5-10-27(37)33-25(17-20-8-6-4-7-9-20)28-34-35-29(38-19-21-11-14-23(32)15-12-21)36(28)26-16-13-22(30)18-24(26)31/h4,6-9,11-16,18,25H,2-3,5,10,17,19H2,1H3,(H,33,37). The number of carbonyl (C=O) groups excluding carboxylic acids is 1. The molecule has 1 N–H and O–H groups in total. The van der Waals surface area contributed by atoms with Gasteiger partial charge in [-0.05, 0) is 54.3 Å². The van der Waals surface area contributed by atoms with Crippen LogP contribution in [-0.2, 0) is 17.0 Å².